The molecular weight excluding hydrogens is 344 g/mol. The van der Waals surface area contributed by atoms with Crippen molar-refractivity contribution in [2.24, 2.45) is 0 Å². The number of unbranched alkanes of at least 4 members (excludes halogenated alkanes) is 1. The first kappa shape index (κ1) is 21.1. The molecule has 0 aliphatic heterocycles. The molecule has 0 bridgehead atoms. The second kappa shape index (κ2) is 10.8. The number of esters is 1. The maximum atomic E-state index is 12.2. The Bertz CT molecular complexity index is 646. The van der Waals surface area contributed by atoms with Crippen molar-refractivity contribution in [1.82, 2.24) is 10.6 Å². The van der Waals surface area contributed by atoms with E-state index in [1.54, 1.807) is 0 Å². The highest BCUT2D eigenvalue weighted by molar-refractivity contribution is 5.98. The molecule has 26 heavy (non-hydrogen) atoms. The number of ether oxygens (including phenoxy) is 4. The number of amides is 3. The van der Waals surface area contributed by atoms with E-state index in [0.29, 0.717) is 18.0 Å². The molecule has 0 aromatic heterocycles. The zero-order valence-corrected chi connectivity index (χ0v) is 15.3. The lowest BCUT2D eigenvalue weighted by molar-refractivity contribution is -0.123. The van der Waals surface area contributed by atoms with Crippen LogP contribution >= 0.6 is 0 Å². The Morgan fingerprint density at radius 3 is 2.15 bits per heavy atom. The van der Waals surface area contributed by atoms with Gasteiger partial charge in [0.2, 0.25) is 0 Å². The summed E-state index contributed by atoms with van der Waals surface area (Å²) in [5, 5.41) is 4.59. The van der Waals surface area contributed by atoms with Crippen molar-refractivity contribution in [3.63, 3.8) is 0 Å². The molecule has 9 heteroatoms. The second-order valence-corrected chi connectivity index (χ2v) is 5.14. The SMILES string of the molecule is CCCCNC(=O)NC(=O)COC(=O)c1cc(OC)c(OC)cc1OC. The minimum absolute atomic E-state index is 0.0605. The first-order valence-electron chi connectivity index (χ1n) is 8.01. The normalized spacial score (nSPS) is 9.85. The highest BCUT2D eigenvalue weighted by Gasteiger charge is 2.20. The third-order valence-electron chi connectivity index (χ3n) is 3.33. The average molecular weight is 368 g/mol. The van der Waals surface area contributed by atoms with Gasteiger partial charge in [0.25, 0.3) is 5.91 Å². The number of hydrogen-bond acceptors (Lipinski definition) is 7. The Labute approximate surface area is 151 Å². The van der Waals surface area contributed by atoms with Gasteiger partial charge < -0.3 is 24.3 Å². The monoisotopic (exact) mass is 368 g/mol. The predicted octanol–water partition coefficient (Wildman–Crippen LogP) is 1.50. The molecule has 0 aliphatic carbocycles. The summed E-state index contributed by atoms with van der Waals surface area (Å²) in [4.78, 5) is 35.4. The van der Waals surface area contributed by atoms with Crippen LogP contribution in [-0.4, -0.2) is 52.4 Å². The summed E-state index contributed by atoms with van der Waals surface area (Å²) in [5.74, 6) is -0.663. The Kier molecular flexibility index (Phi) is 8.76. The van der Waals surface area contributed by atoms with E-state index in [-0.39, 0.29) is 11.3 Å². The molecule has 0 saturated heterocycles. The first-order valence-corrected chi connectivity index (χ1v) is 8.01. The molecular formula is C17H24N2O7. The molecule has 1 aromatic carbocycles. The van der Waals surface area contributed by atoms with Crippen LogP contribution in [0.4, 0.5) is 4.79 Å². The van der Waals surface area contributed by atoms with Crippen LogP contribution in [-0.2, 0) is 9.53 Å². The van der Waals surface area contributed by atoms with Gasteiger partial charge in [-0.1, -0.05) is 13.3 Å². The molecule has 0 saturated carbocycles. The minimum Gasteiger partial charge on any atom is -0.496 e. The summed E-state index contributed by atoms with van der Waals surface area (Å²) >= 11 is 0. The fraction of sp³-hybridized carbons (Fsp3) is 0.471. The maximum Gasteiger partial charge on any atom is 0.342 e. The van der Waals surface area contributed by atoms with Crippen molar-refractivity contribution < 1.29 is 33.3 Å². The van der Waals surface area contributed by atoms with Crippen molar-refractivity contribution >= 4 is 17.9 Å². The lowest BCUT2D eigenvalue weighted by Gasteiger charge is -2.13. The fourth-order valence-electron chi connectivity index (χ4n) is 1.98. The molecule has 1 aromatic rings. The van der Waals surface area contributed by atoms with Gasteiger partial charge in [0.15, 0.2) is 18.1 Å². The highest BCUT2D eigenvalue weighted by Crippen LogP contribution is 2.34. The highest BCUT2D eigenvalue weighted by atomic mass is 16.5. The smallest absolute Gasteiger partial charge is 0.342 e. The van der Waals surface area contributed by atoms with Crippen LogP contribution in [0.1, 0.15) is 30.1 Å². The van der Waals surface area contributed by atoms with E-state index >= 15 is 0 Å². The Hall–Kier alpha value is -2.97. The van der Waals surface area contributed by atoms with Crippen molar-refractivity contribution in [2.75, 3.05) is 34.5 Å². The van der Waals surface area contributed by atoms with E-state index in [1.165, 1.54) is 33.5 Å². The van der Waals surface area contributed by atoms with E-state index in [0.717, 1.165) is 12.8 Å². The number of hydrogen-bond donors (Lipinski definition) is 2. The number of benzene rings is 1. The van der Waals surface area contributed by atoms with Gasteiger partial charge in [0.1, 0.15) is 11.3 Å². The van der Waals surface area contributed by atoms with Crippen LogP contribution < -0.4 is 24.8 Å². The molecule has 144 valence electrons. The Balaban J connectivity index is 2.67. The molecule has 0 unspecified atom stereocenters. The van der Waals surface area contributed by atoms with Crippen molar-refractivity contribution in [3.05, 3.63) is 17.7 Å². The van der Waals surface area contributed by atoms with E-state index in [2.05, 4.69) is 10.6 Å². The largest absolute Gasteiger partial charge is 0.496 e. The fourth-order valence-corrected chi connectivity index (χ4v) is 1.98. The number of urea groups is 1. The van der Waals surface area contributed by atoms with E-state index in [9.17, 15) is 14.4 Å². The molecule has 2 N–H and O–H groups in total. The van der Waals surface area contributed by atoms with Crippen LogP contribution in [0.2, 0.25) is 0 Å². The molecule has 0 radical (unpaired) electrons. The summed E-state index contributed by atoms with van der Waals surface area (Å²) in [5.41, 5.74) is 0.0605. The van der Waals surface area contributed by atoms with Gasteiger partial charge in [-0.05, 0) is 6.42 Å². The van der Waals surface area contributed by atoms with Gasteiger partial charge >= 0.3 is 12.0 Å². The summed E-state index contributed by atoms with van der Waals surface area (Å²) < 4.78 is 20.3. The van der Waals surface area contributed by atoms with Crippen molar-refractivity contribution in [2.45, 2.75) is 19.8 Å². The second-order valence-electron chi connectivity index (χ2n) is 5.14. The van der Waals surface area contributed by atoms with Gasteiger partial charge in [0, 0.05) is 18.7 Å². The van der Waals surface area contributed by atoms with Gasteiger partial charge in [-0.3, -0.25) is 10.1 Å². The zero-order valence-electron chi connectivity index (χ0n) is 15.3. The number of carbonyl (C=O) groups excluding carboxylic acids is 3. The van der Waals surface area contributed by atoms with Crippen molar-refractivity contribution in [1.29, 1.82) is 0 Å². The lowest BCUT2D eigenvalue weighted by atomic mass is 10.1. The van der Waals surface area contributed by atoms with Gasteiger partial charge in [-0.25, -0.2) is 9.59 Å². The zero-order chi connectivity index (χ0) is 19.5. The number of carbonyl (C=O) groups is 3. The van der Waals surface area contributed by atoms with E-state index in [1.807, 2.05) is 6.92 Å². The van der Waals surface area contributed by atoms with E-state index in [4.69, 9.17) is 18.9 Å². The Morgan fingerprint density at radius 2 is 1.58 bits per heavy atom. The maximum absolute atomic E-state index is 12.2. The van der Waals surface area contributed by atoms with Crippen LogP contribution in [0, 0.1) is 0 Å². The minimum atomic E-state index is -0.802. The lowest BCUT2D eigenvalue weighted by Crippen LogP contribution is -2.41. The topological polar surface area (TPSA) is 112 Å². The van der Waals surface area contributed by atoms with Crippen LogP contribution in [0.5, 0.6) is 17.2 Å². The van der Waals surface area contributed by atoms with Gasteiger partial charge in [-0.15, -0.1) is 0 Å². The molecule has 0 spiro atoms. The van der Waals surface area contributed by atoms with Gasteiger partial charge in [0.05, 0.1) is 21.3 Å². The first-order chi connectivity index (χ1) is 12.5. The summed E-state index contributed by atoms with van der Waals surface area (Å²) in [6.45, 7) is 1.82. The standard InChI is InChI=1S/C17H24N2O7/c1-5-6-7-18-17(22)19-15(20)10-26-16(21)11-8-13(24-3)14(25-4)9-12(11)23-2/h8-9H,5-7,10H2,1-4H3,(H2,18,19,20,22). The predicted molar refractivity (Wildman–Crippen MR) is 92.8 cm³/mol. The third-order valence-corrected chi connectivity index (χ3v) is 3.33. The molecule has 3 amide bonds. The van der Waals surface area contributed by atoms with Crippen LogP contribution in [0.15, 0.2) is 12.1 Å². The number of imide groups is 1. The molecule has 9 nitrogen and oxygen atoms in total. The number of methoxy groups -OCH3 is 3. The summed E-state index contributed by atoms with van der Waals surface area (Å²) in [7, 11) is 4.25. The molecule has 0 atom stereocenters. The average Bonchev–Trinajstić information content (AvgIpc) is 2.64. The van der Waals surface area contributed by atoms with Crippen LogP contribution in [0.25, 0.3) is 0 Å². The molecule has 0 fully saturated rings. The Morgan fingerprint density at radius 1 is 0.962 bits per heavy atom. The molecule has 0 heterocycles. The van der Waals surface area contributed by atoms with E-state index < -0.39 is 24.5 Å². The van der Waals surface area contributed by atoms with Crippen LogP contribution in [0.3, 0.4) is 0 Å². The quantitative estimate of drug-likeness (QED) is 0.502. The number of nitrogens with one attached hydrogen (secondary N) is 2. The third kappa shape index (κ3) is 6.15. The van der Waals surface area contributed by atoms with Crippen molar-refractivity contribution in [3.8, 4) is 17.2 Å². The number of rotatable bonds is 9. The summed E-state index contributed by atoms with van der Waals surface area (Å²) in [6.07, 6.45) is 1.72. The summed E-state index contributed by atoms with van der Waals surface area (Å²) in [6, 6.07) is 2.22. The molecule has 1 rings (SSSR count). The molecule has 0 aliphatic rings. The van der Waals surface area contributed by atoms with Gasteiger partial charge in [-0.2, -0.15) is 0 Å².